The molecule has 0 aromatic heterocycles. The third-order valence-electron chi connectivity index (χ3n) is 2.46. The lowest BCUT2D eigenvalue weighted by Gasteiger charge is -2.20. The highest BCUT2D eigenvalue weighted by atomic mass is 16.5. The van der Waals surface area contributed by atoms with Gasteiger partial charge < -0.3 is 19.9 Å². The van der Waals surface area contributed by atoms with Gasteiger partial charge in [-0.05, 0) is 5.92 Å². The first-order chi connectivity index (χ1) is 8.02. The molecule has 2 N–H and O–H groups in total. The molecule has 6 nitrogen and oxygen atoms in total. The molecular formula is C11H21NO5. The first-order valence-electron chi connectivity index (χ1n) is 5.61. The Kier molecular flexibility index (Phi) is 8.35. The second-order valence-corrected chi connectivity index (χ2v) is 3.81. The van der Waals surface area contributed by atoms with Gasteiger partial charge in [-0.3, -0.25) is 4.79 Å². The van der Waals surface area contributed by atoms with Crippen molar-refractivity contribution in [1.29, 1.82) is 0 Å². The maximum Gasteiger partial charge on any atom is 0.326 e. The van der Waals surface area contributed by atoms with Gasteiger partial charge in [0.1, 0.15) is 12.6 Å². The molecule has 0 spiro atoms. The lowest BCUT2D eigenvalue weighted by Crippen LogP contribution is -2.46. The number of ether oxygens (including phenoxy) is 2. The van der Waals surface area contributed by atoms with Crippen LogP contribution in [-0.2, 0) is 19.1 Å². The van der Waals surface area contributed by atoms with Gasteiger partial charge in [-0.25, -0.2) is 4.79 Å². The van der Waals surface area contributed by atoms with Gasteiger partial charge >= 0.3 is 5.97 Å². The zero-order valence-electron chi connectivity index (χ0n) is 10.6. The molecule has 1 amide bonds. The Morgan fingerprint density at radius 2 is 2.00 bits per heavy atom. The van der Waals surface area contributed by atoms with E-state index in [1.54, 1.807) is 6.92 Å². The van der Waals surface area contributed by atoms with Gasteiger partial charge in [0.2, 0.25) is 5.91 Å². The zero-order valence-corrected chi connectivity index (χ0v) is 10.6. The second kappa shape index (κ2) is 8.95. The lowest BCUT2D eigenvalue weighted by atomic mass is 9.99. The van der Waals surface area contributed by atoms with Crippen LogP contribution in [0.15, 0.2) is 0 Å². The summed E-state index contributed by atoms with van der Waals surface area (Å²) < 4.78 is 9.75. The largest absolute Gasteiger partial charge is 0.480 e. The SMILES string of the molecule is CC[C@H](C)[C@@H](NC(=O)COCCOC)C(=O)O. The Balaban J connectivity index is 4.00. The molecule has 0 unspecified atom stereocenters. The number of nitrogens with one attached hydrogen (secondary N) is 1. The van der Waals surface area contributed by atoms with Crippen molar-refractivity contribution in [2.75, 3.05) is 26.9 Å². The van der Waals surface area contributed by atoms with Crippen LogP contribution in [0.3, 0.4) is 0 Å². The van der Waals surface area contributed by atoms with E-state index in [1.807, 2.05) is 6.92 Å². The predicted molar refractivity (Wildman–Crippen MR) is 61.7 cm³/mol. The van der Waals surface area contributed by atoms with Crippen LogP contribution in [0.2, 0.25) is 0 Å². The van der Waals surface area contributed by atoms with Gasteiger partial charge in [-0.15, -0.1) is 0 Å². The molecule has 2 atom stereocenters. The van der Waals surface area contributed by atoms with Crippen LogP contribution in [0.5, 0.6) is 0 Å². The van der Waals surface area contributed by atoms with Crippen molar-refractivity contribution in [3.8, 4) is 0 Å². The summed E-state index contributed by atoms with van der Waals surface area (Å²) in [4.78, 5) is 22.3. The van der Waals surface area contributed by atoms with E-state index in [-0.39, 0.29) is 12.5 Å². The Labute approximate surface area is 101 Å². The molecular weight excluding hydrogens is 226 g/mol. The number of aliphatic carboxylic acids is 1. The van der Waals surface area contributed by atoms with E-state index in [1.165, 1.54) is 7.11 Å². The number of hydrogen-bond donors (Lipinski definition) is 2. The van der Waals surface area contributed by atoms with Gasteiger partial charge in [0, 0.05) is 7.11 Å². The molecule has 0 fully saturated rings. The van der Waals surface area contributed by atoms with Crippen LogP contribution in [-0.4, -0.2) is 50.0 Å². The number of amides is 1. The molecule has 0 saturated heterocycles. The molecule has 0 aliphatic carbocycles. The van der Waals surface area contributed by atoms with E-state index in [0.717, 1.165) is 0 Å². The van der Waals surface area contributed by atoms with Crippen molar-refractivity contribution in [2.24, 2.45) is 5.92 Å². The fourth-order valence-electron chi connectivity index (χ4n) is 1.21. The van der Waals surface area contributed by atoms with Crippen LogP contribution in [0.25, 0.3) is 0 Å². The van der Waals surface area contributed by atoms with Gasteiger partial charge in [-0.1, -0.05) is 20.3 Å². The van der Waals surface area contributed by atoms with Gasteiger partial charge in [-0.2, -0.15) is 0 Å². The van der Waals surface area contributed by atoms with Crippen LogP contribution in [0.4, 0.5) is 0 Å². The van der Waals surface area contributed by atoms with Crippen molar-refractivity contribution in [1.82, 2.24) is 5.32 Å². The molecule has 0 saturated carbocycles. The Hall–Kier alpha value is -1.14. The fourth-order valence-corrected chi connectivity index (χ4v) is 1.21. The number of carbonyl (C=O) groups is 2. The Bertz CT molecular complexity index is 244. The van der Waals surface area contributed by atoms with E-state index in [0.29, 0.717) is 19.6 Å². The first kappa shape index (κ1) is 15.9. The van der Waals surface area contributed by atoms with E-state index < -0.39 is 17.9 Å². The smallest absolute Gasteiger partial charge is 0.326 e. The average Bonchev–Trinajstić information content (AvgIpc) is 2.30. The molecule has 6 heteroatoms. The molecule has 0 rings (SSSR count). The number of carboxylic acid groups (broad SMARTS) is 1. The number of carboxylic acids is 1. The minimum Gasteiger partial charge on any atom is -0.480 e. The summed E-state index contributed by atoms with van der Waals surface area (Å²) in [5.74, 6) is -1.56. The summed E-state index contributed by atoms with van der Waals surface area (Å²) >= 11 is 0. The standard InChI is InChI=1S/C11H21NO5/c1-4-8(2)10(11(14)15)12-9(13)7-17-6-5-16-3/h8,10H,4-7H2,1-3H3,(H,12,13)(H,14,15)/t8-,10+/m0/s1. The summed E-state index contributed by atoms with van der Waals surface area (Å²) in [5.41, 5.74) is 0. The third kappa shape index (κ3) is 6.91. The molecule has 0 aromatic carbocycles. The molecule has 0 aromatic rings. The zero-order chi connectivity index (χ0) is 13.3. The van der Waals surface area contributed by atoms with Crippen molar-refractivity contribution in [3.05, 3.63) is 0 Å². The molecule has 0 radical (unpaired) electrons. The molecule has 0 aliphatic rings. The van der Waals surface area contributed by atoms with Crippen molar-refractivity contribution < 1.29 is 24.2 Å². The summed E-state index contributed by atoms with van der Waals surface area (Å²) in [6.07, 6.45) is 0.682. The quantitative estimate of drug-likeness (QED) is 0.571. The van der Waals surface area contributed by atoms with Crippen LogP contribution >= 0.6 is 0 Å². The van der Waals surface area contributed by atoms with Crippen molar-refractivity contribution in [3.63, 3.8) is 0 Å². The van der Waals surface area contributed by atoms with Crippen LogP contribution in [0.1, 0.15) is 20.3 Å². The van der Waals surface area contributed by atoms with Gasteiger partial charge in [0.25, 0.3) is 0 Å². The predicted octanol–water partition coefficient (Wildman–Crippen LogP) is 0.265. The van der Waals surface area contributed by atoms with Gasteiger partial charge in [0.15, 0.2) is 0 Å². The maximum atomic E-state index is 11.4. The normalized spacial score (nSPS) is 14.1. The summed E-state index contributed by atoms with van der Waals surface area (Å²) in [7, 11) is 1.53. The lowest BCUT2D eigenvalue weighted by molar-refractivity contribution is -0.144. The van der Waals surface area contributed by atoms with Crippen molar-refractivity contribution >= 4 is 11.9 Å². The van der Waals surface area contributed by atoms with E-state index in [2.05, 4.69) is 5.32 Å². The number of carbonyl (C=O) groups excluding carboxylic acids is 1. The second-order valence-electron chi connectivity index (χ2n) is 3.81. The number of methoxy groups -OCH3 is 1. The summed E-state index contributed by atoms with van der Waals surface area (Å²) in [5, 5.41) is 11.4. The van der Waals surface area contributed by atoms with Crippen molar-refractivity contribution in [2.45, 2.75) is 26.3 Å². The topological polar surface area (TPSA) is 84.9 Å². The Morgan fingerprint density at radius 1 is 1.35 bits per heavy atom. The molecule has 0 bridgehead atoms. The van der Waals surface area contributed by atoms with E-state index in [4.69, 9.17) is 14.6 Å². The monoisotopic (exact) mass is 247 g/mol. The molecule has 0 heterocycles. The molecule has 17 heavy (non-hydrogen) atoms. The number of rotatable bonds is 9. The van der Waals surface area contributed by atoms with Crippen LogP contribution in [0, 0.1) is 5.92 Å². The minimum atomic E-state index is -1.02. The van der Waals surface area contributed by atoms with Gasteiger partial charge in [0.05, 0.1) is 13.2 Å². The fraction of sp³-hybridized carbons (Fsp3) is 0.818. The highest BCUT2D eigenvalue weighted by Crippen LogP contribution is 2.07. The Morgan fingerprint density at radius 3 is 2.47 bits per heavy atom. The van der Waals surface area contributed by atoms with E-state index >= 15 is 0 Å². The first-order valence-corrected chi connectivity index (χ1v) is 5.61. The van der Waals surface area contributed by atoms with E-state index in [9.17, 15) is 9.59 Å². The summed E-state index contributed by atoms with van der Waals surface area (Å²) in [6, 6.07) is -0.862. The minimum absolute atomic E-state index is 0.115. The summed E-state index contributed by atoms with van der Waals surface area (Å²) in [6.45, 7) is 4.22. The maximum absolute atomic E-state index is 11.4. The third-order valence-corrected chi connectivity index (χ3v) is 2.46. The number of hydrogen-bond acceptors (Lipinski definition) is 4. The average molecular weight is 247 g/mol. The molecule has 100 valence electrons. The highest BCUT2D eigenvalue weighted by Gasteiger charge is 2.24. The highest BCUT2D eigenvalue weighted by molar-refractivity contribution is 5.84. The molecule has 0 aliphatic heterocycles. The van der Waals surface area contributed by atoms with Crippen LogP contribution < -0.4 is 5.32 Å².